The lowest BCUT2D eigenvalue weighted by molar-refractivity contribution is 0.164. The Hall–Kier alpha value is -1.56. The van der Waals surface area contributed by atoms with Crippen LogP contribution in [0.5, 0.6) is 5.75 Å². The molecule has 1 aliphatic rings. The molecule has 1 unspecified atom stereocenters. The molecule has 1 aromatic heterocycles. The third-order valence-electron chi connectivity index (χ3n) is 2.68. The number of hydrogen-bond acceptors (Lipinski definition) is 6. The van der Waals surface area contributed by atoms with Crippen molar-refractivity contribution in [2.75, 3.05) is 24.7 Å². The highest BCUT2D eigenvalue weighted by molar-refractivity contribution is 5.61. The average Bonchev–Trinajstić information content (AvgIpc) is 3.09. The Labute approximate surface area is 93.9 Å². The van der Waals surface area contributed by atoms with E-state index in [0.717, 1.165) is 12.8 Å². The molecule has 16 heavy (non-hydrogen) atoms. The van der Waals surface area contributed by atoms with Crippen LogP contribution >= 0.6 is 0 Å². The van der Waals surface area contributed by atoms with Crippen LogP contribution in [-0.2, 0) is 0 Å². The molecule has 2 rings (SSSR count). The molecule has 1 heterocycles. The van der Waals surface area contributed by atoms with Gasteiger partial charge >= 0.3 is 0 Å². The highest BCUT2D eigenvalue weighted by atomic mass is 16.5. The largest absolute Gasteiger partial charge is 0.490 e. The molecule has 0 spiro atoms. The van der Waals surface area contributed by atoms with Gasteiger partial charge in [-0.25, -0.2) is 9.97 Å². The molecule has 6 nitrogen and oxygen atoms in total. The molecular weight excluding hydrogens is 208 g/mol. The monoisotopic (exact) mass is 224 g/mol. The van der Waals surface area contributed by atoms with Gasteiger partial charge in [0.25, 0.3) is 0 Å². The molecule has 1 saturated carbocycles. The van der Waals surface area contributed by atoms with E-state index in [4.69, 9.17) is 10.5 Å². The molecule has 1 aliphatic carbocycles. The molecular formula is C10H16N4O2. The second-order valence-electron chi connectivity index (χ2n) is 3.93. The lowest BCUT2D eigenvalue weighted by Crippen LogP contribution is -2.22. The summed E-state index contributed by atoms with van der Waals surface area (Å²) in [5.74, 6) is 1.67. The molecule has 88 valence electrons. The molecule has 0 aliphatic heterocycles. The van der Waals surface area contributed by atoms with Crippen molar-refractivity contribution < 1.29 is 9.84 Å². The van der Waals surface area contributed by atoms with Crippen LogP contribution < -0.4 is 15.8 Å². The fraction of sp³-hybridized carbons (Fsp3) is 0.600. The number of aromatic nitrogens is 2. The van der Waals surface area contributed by atoms with E-state index in [1.54, 1.807) is 0 Å². The normalized spacial score (nSPS) is 16.9. The Balaban J connectivity index is 1.99. The number of nitrogens with two attached hydrogens (primary N) is 1. The number of nitrogens with one attached hydrogen (secondary N) is 1. The first-order valence-electron chi connectivity index (χ1n) is 5.28. The van der Waals surface area contributed by atoms with Crippen LogP contribution in [0.15, 0.2) is 6.33 Å². The second kappa shape index (κ2) is 4.52. The zero-order chi connectivity index (χ0) is 11.5. The fourth-order valence-corrected chi connectivity index (χ4v) is 1.56. The van der Waals surface area contributed by atoms with Crippen LogP contribution in [-0.4, -0.2) is 34.8 Å². The van der Waals surface area contributed by atoms with Crippen molar-refractivity contribution in [2.24, 2.45) is 5.92 Å². The molecule has 4 N–H and O–H groups in total. The van der Waals surface area contributed by atoms with Gasteiger partial charge in [0.05, 0.1) is 13.2 Å². The van der Waals surface area contributed by atoms with E-state index >= 15 is 0 Å². The van der Waals surface area contributed by atoms with Gasteiger partial charge in [-0.1, -0.05) is 0 Å². The predicted octanol–water partition coefficient (Wildman–Crippen LogP) is 0.250. The summed E-state index contributed by atoms with van der Waals surface area (Å²) in [6, 6.07) is 0. The Kier molecular flexibility index (Phi) is 3.09. The van der Waals surface area contributed by atoms with E-state index < -0.39 is 0 Å². The maximum atomic E-state index is 9.71. The van der Waals surface area contributed by atoms with Crippen LogP contribution in [0.3, 0.4) is 0 Å². The summed E-state index contributed by atoms with van der Waals surface area (Å²) in [4.78, 5) is 7.85. The Morgan fingerprint density at radius 2 is 2.38 bits per heavy atom. The van der Waals surface area contributed by atoms with Crippen molar-refractivity contribution in [1.82, 2.24) is 9.97 Å². The molecule has 0 aromatic carbocycles. The zero-order valence-electron chi connectivity index (χ0n) is 9.18. The minimum absolute atomic E-state index is 0.293. The van der Waals surface area contributed by atoms with Crippen molar-refractivity contribution in [3.63, 3.8) is 0 Å². The van der Waals surface area contributed by atoms with Crippen LogP contribution in [0.4, 0.5) is 11.6 Å². The van der Waals surface area contributed by atoms with E-state index in [-0.39, 0.29) is 6.10 Å². The van der Waals surface area contributed by atoms with Crippen LogP contribution in [0.2, 0.25) is 0 Å². The van der Waals surface area contributed by atoms with Crippen molar-refractivity contribution in [3.8, 4) is 5.75 Å². The minimum atomic E-state index is -0.333. The van der Waals surface area contributed by atoms with Crippen LogP contribution in [0, 0.1) is 5.92 Å². The van der Waals surface area contributed by atoms with Gasteiger partial charge in [0.2, 0.25) is 5.75 Å². The van der Waals surface area contributed by atoms with Crippen molar-refractivity contribution in [2.45, 2.75) is 18.9 Å². The first-order chi connectivity index (χ1) is 7.72. The molecule has 1 fully saturated rings. The van der Waals surface area contributed by atoms with Gasteiger partial charge in [-0.05, 0) is 18.8 Å². The lowest BCUT2D eigenvalue weighted by Gasteiger charge is -2.13. The number of methoxy groups -OCH3 is 1. The average molecular weight is 224 g/mol. The molecule has 0 saturated heterocycles. The summed E-state index contributed by atoms with van der Waals surface area (Å²) >= 11 is 0. The molecule has 0 bridgehead atoms. The number of rotatable bonds is 5. The smallest absolute Gasteiger partial charge is 0.203 e. The number of hydrogen-bond donors (Lipinski definition) is 3. The van der Waals surface area contributed by atoms with Crippen molar-refractivity contribution in [3.05, 3.63) is 6.33 Å². The number of nitrogens with zero attached hydrogens (tertiary/aromatic N) is 2. The van der Waals surface area contributed by atoms with Crippen LogP contribution in [0.25, 0.3) is 0 Å². The van der Waals surface area contributed by atoms with Gasteiger partial charge in [-0.15, -0.1) is 0 Å². The van der Waals surface area contributed by atoms with Gasteiger partial charge in [0.15, 0.2) is 11.6 Å². The summed E-state index contributed by atoms with van der Waals surface area (Å²) in [5.41, 5.74) is 5.63. The lowest BCUT2D eigenvalue weighted by atomic mass is 10.2. The summed E-state index contributed by atoms with van der Waals surface area (Å²) < 4.78 is 5.09. The molecule has 0 amide bonds. The highest BCUT2D eigenvalue weighted by Crippen LogP contribution is 2.33. The summed E-state index contributed by atoms with van der Waals surface area (Å²) in [7, 11) is 1.51. The first-order valence-corrected chi connectivity index (χ1v) is 5.28. The van der Waals surface area contributed by atoms with E-state index in [1.807, 2.05) is 0 Å². The summed E-state index contributed by atoms with van der Waals surface area (Å²) in [6.45, 7) is 0.456. The summed E-state index contributed by atoms with van der Waals surface area (Å²) in [5, 5.41) is 12.7. The second-order valence-corrected chi connectivity index (χ2v) is 3.93. The van der Waals surface area contributed by atoms with E-state index in [2.05, 4.69) is 15.3 Å². The van der Waals surface area contributed by atoms with Crippen LogP contribution in [0.1, 0.15) is 12.8 Å². The van der Waals surface area contributed by atoms with Crippen molar-refractivity contribution in [1.29, 1.82) is 0 Å². The third kappa shape index (κ3) is 2.33. The van der Waals surface area contributed by atoms with Crippen molar-refractivity contribution >= 4 is 11.6 Å². The standard InChI is InChI=1S/C10H16N4O2/c1-16-8-9(11)13-5-14-10(8)12-4-7(15)6-2-3-6/h5-7,15H,2-4H2,1H3,(H3,11,12,13,14). The Morgan fingerprint density at radius 1 is 1.62 bits per heavy atom. The van der Waals surface area contributed by atoms with E-state index in [9.17, 15) is 5.11 Å². The Bertz CT molecular complexity index is 368. The van der Waals surface area contributed by atoms with Gasteiger partial charge in [0, 0.05) is 6.54 Å². The molecule has 0 radical (unpaired) electrons. The first kappa shape index (κ1) is 10.9. The molecule has 1 atom stereocenters. The van der Waals surface area contributed by atoms with Gasteiger partial charge in [-0.3, -0.25) is 0 Å². The number of aliphatic hydroxyl groups excluding tert-OH is 1. The maximum absolute atomic E-state index is 9.71. The van der Waals surface area contributed by atoms with E-state index in [0.29, 0.717) is 29.8 Å². The van der Waals surface area contributed by atoms with Gasteiger partial charge < -0.3 is 20.9 Å². The molecule has 1 aromatic rings. The Morgan fingerprint density at radius 3 is 3.00 bits per heavy atom. The number of anilines is 2. The topological polar surface area (TPSA) is 93.3 Å². The third-order valence-corrected chi connectivity index (χ3v) is 2.68. The van der Waals surface area contributed by atoms with E-state index in [1.165, 1.54) is 13.4 Å². The predicted molar refractivity (Wildman–Crippen MR) is 60.2 cm³/mol. The SMILES string of the molecule is COc1c(N)ncnc1NCC(O)C1CC1. The van der Waals surface area contributed by atoms with Gasteiger partial charge in [-0.2, -0.15) is 0 Å². The quantitative estimate of drug-likeness (QED) is 0.664. The zero-order valence-corrected chi connectivity index (χ0v) is 9.18. The highest BCUT2D eigenvalue weighted by Gasteiger charge is 2.29. The molecule has 6 heteroatoms. The number of nitrogen functional groups attached to an aromatic ring is 1. The minimum Gasteiger partial charge on any atom is -0.490 e. The summed E-state index contributed by atoms with van der Waals surface area (Å²) in [6.07, 6.45) is 3.24. The number of aliphatic hydroxyl groups is 1. The number of ether oxygens (including phenoxy) is 1. The fourth-order valence-electron chi connectivity index (χ4n) is 1.56. The maximum Gasteiger partial charge on any atom is 0.203 e. The van der Waals surface area contributed by atoms with Gasteiger partial charge in [0.1, 0.15) is 6.33 Å².